The van der Waals surface area contributed by atoms with Crippen molar-refractivity contribution in [3.8, 4) is 0 Å². The quantitative estimate of drug-likeness (QED) is 0.780. The predicted octanol–water partition coefficient (Wildman–Crippen LogP) is 2.82. The van der Waals surface area contributed by atoms with E-state index >= 15 is 0 Å². The molecule has 74 valence electrons. The zero-order valence-electron chi connectivity index (χ0n) is 7.48. The van der Waals surface area contributed by atoms with Gasteiger partial charge in [-0.05, 0) is 0 Å². The number of halogens is 1. The van der Waals surface area contributed by atoms with Crippen molar-refractivity contribution in [2.75, 3.05) is 0 Å². The second-order valence-corrected chi connectivity index (χ2v) is 5.33. The van der Waals surface area contributed by atoms with Gasteiger partial charge in [-0.15, -0.1) is 11.3 Å². The van der Waals surface area contributed by atoms with E-state index < -0.39 is 0 Å². The smallest absolute Gasteiger partial charge is 0.183 e. The third-order valence-corrected chi connectivity index (χ3v) is 4.05. The first kappa shape index (κ1) is 10.0. The van der Waals surface area contributed by atoms with Crippen LogP contribution >= 0.6 is 34.7 Å². The Labute approximate surface area is 95.1 Å². The topological polar surface area (TPSA) is 30.7 Å². The maximum Gasteiger partial charge on any atom is 0.183 e. The van der Waals surface area contributed by atoms with Gasteiger partial charge in [0, 0.05) is 36.3 Å². The van der Waals surface area contributed by atoms with Gasteiger partial charge in [0.15, 0.2) is 9.62 Å². The molecule has 2 heterocycles. The second kappa shape index (κ2) is 4.33. The summed E-state index contributed by atoms with van der Waals surface area (Å²) < 4.78 is 2.59. The van der Waals surface area contributed by atoms with Gasteiger partial charge < -0.3 is 4.57 Å². The van der Waals surface area contributed by atoms with Crippen LogP contribution in [0.4, 0.5) is 0 Å². The van der Waals surface area contributed by atoms with Gasteiger partial charge in [0.1, 0.15) is 0 Å². The lowest BCUT2D eigenvalue weighted by Gasteiger charge is -1.98. The number of thioether (sulfide) groups is 1. The van der Waals surface area contributed by atoms with E-state index in [1.165, 1.54) is 16.2 Å². The highest BCUT2D eigenvalue weighted by Gasteiger charge is 2.03. The fraction of sp³-hybridized carbons (Fsp3) is 0.250. The zero-order valence-corrected chi connectivity index (χ0v) is 9.86. The molecule has 0 fully saturated rings. The molecule has 2 rings (SSSR count). The molecule has 0 saturated carbocycles. The maximum atomic E-state index is 5.73. The number of hydrogen-bond acceptors (Lipinski definition) is 4. The van der Waals surface area contributed by atoms with Gasteiger partial charge >= 0.3 is 0 Å². The Bertz CT molecular complexity index is 424. The van der Waals surface area contributed by atoms with Crippen LogP contribution in [0.15, 0.2) is 23.7 Å². The van der Waals surface area contributed by atoms with Gasteiger partial charge in [-0.2, -0.15) is 0 Å². The zero-order chi connectivity index (χ0) is 9.97. The lowest BCUT2D eigenvalue weighted by atomic mass is 10.6. The lowest BCUT2D eigenvalue weighted by Crippen LogP contribution is -1.88. The number of thiazole rings is 1. The van der Waals surface area contributed by atoms with Gasteiger partial charge in [0.2, 0.25) is 0 Å². The Hall–Kier alpha value is -0.520. The summed E-state index contributed by atoms with van der Waals surface area (Å²) >= 11 is 8.93. The Kier molecular flexibility index (Phi) is 3.10. The first-order valence-corrected chi connectivity index (χ1v) is 6.14. The molecule has 2 aromatic rings. The molecule has 0 aliphatic rings. The van der Waals surface area contributed by atoms with Crippen molar-refractivity contribution in [3.05, 3.63) is 27.9 Å². The highest BCUT2D eigenvalue weighted by atomic mass is 35.5. The molecule has 0 bridgehead atoms. The van der Waals surface area contributed by atoms with Crippen LogP contribution in [0.3, 0.4) is 0 Å². The minimum Gasteiger partial charge on any atom is -0.329 e. The summed E-state index contributed by atoms with van der Waals surface area (Å²) in [6.45, 7) is 0. The lowest BCUT2D eigenvalue weighted by molar-refractivity contribution is 0.790. The van der Waals surface area contributed by atoms with Crippen LogP contribution in [0.25, 0.3) is 0 Å². The molecule has 14 heavy (non-hydrogen) atoms. The highest BCUT2D eigenvalue weighted by molar-refractivity contribution is 7.98. The standard InChI is InChI=1S/C8H8ClN3S2/c1-12-3-2-10-8(12)13-5-6-4-11-7(9)14-6/h2-4H,5H2,1H3. The van der Waals surface area contributed by atoms with Crippen LogP contribution in [-0.4, -0.2) is 14.5 Å². The van der Waals surface area contributed by atoms with Gasteiger partial charge in [-0.3, -0.25) is 0 Å². The number of hydrogen-bond donors (Lipinski definition) is 0. The average molecular weight is 246 g/mol. The van der Waals surface area contributed by atoms with E-state index in [2.05, 4.69) is 9.97 Å². The van der Waals surface area contributed by atoms with Crippen LogP contribution in [-0.2, 0) is 12.8 Å². The molecular formula is C8H8ClN3S2. The number of aromatic nitrogens is 3. The van der Waals surface area contributed by atoms with E-state index in [0.717, 1.165) is 10.9 Å². The van der Waals surface area contributed by atoms with Crippen LogP contribution in [0.1, 0.15) is 4.88 Å². The monoisotopic (exact) mass is 245 g/mol. The Morgan fingerprint density at radius 3 is 3.00 bits per heavy atom. The molecule has 0 N–H and O–H groups in total. The number of rotatable bonds is 3. The molecule has 0 radical (unpaired) electrons. The largest absolute Gasteiger partial charge is 0.329 e. The summed E-state index contributed by atoms with van der Waals surface area (Å²) in [6, 6.07) is 0. The number of imidazole rings is 1. The van der Waals surface area contributed by atoms with Gasteiger partial charge in [-0.1, -0.05) is 23.4 Å². The summed E-state index contributed by atoms with van der Waals surface area (Å²) in [4.78, 5) is 9.37. The second-order valence-electron chi connectivity index (χ2n) is 2.69. The average Bonchev–Trinajstić information content (AvgIpc) is 2.72. The van der Waals surface area contributed by atoms with E-state index in [4.69, 9.17) is 11.6 Å². The first-order valence-electron chi connectivity index (χ1n) is 3.96. The molecule has 3 nitrogen and oxygen atoms in total. The fourth-order valence-corrected chi connectivity index (χ4v) is 2.91. The first-order chi connectivity index (χ1) is 6.75. The minimum absolute atomic E-state index is 0.598. The third-order valence-electron chi connectivity index (χ3n) is 1.65. The Morgan fingerprint density at radius 2 is 2.43 bits per heavy atom. The predicted molar refractivity (Wildman–Crippen MR) is 59.9 cm³/mol. The van der Waals surface area contributed by atoms with Crippen LogP contribution in [0.2, 0.25) is 4.47 Å². The van der Waals surface area contributed by atoms with Crippen molar-refractivity contribution in [3.63, 3.8) is 0 Å². The van der Waals surface area contributed by atoms with Gasteiger partial charge in [0.05, 0.1) is 0 Å². The van der Waals surface area contributed by atoms with Crippen molar-refractivity contribution in [2.45, 2.75) is 10.9 Å². The van der Waals surface area contributed by atoms with Crippen molar-refractivity contribution < 1.29 is 0 Å². The van der Waals surface area contributed by atoms with Gasteiger partial charge in [-0.25, -0.2) is 9.97 Å². The van der Waals surface area contributed by atoms with Crippen molar-refractivity contribution in [1.29, 1.82) is 0 Å². The summed E-state index contributed by atoms with van der Waals surface area (Å²) in [7, 11) is 1.98. The Morgan fingerprint density at radius 1 is 1.57 bits per heavy atom. The molecule has 0 unspecified atom stereocenters. The van der Waals surface area contributed by atoms with Crippen LogP contribution in [0, 0.1) is 0 Å². The summed E-state index contributed by atoms with van der Waals surface area (Å²) in [5.41, 5.74) is 0. The molecule has 0 aliphatic heterocycles. The summed E-state index contributed by atoms with van der Waals surface area (Å²) in [6.07, 6.45) is 5.53. The SMILES string of the molecule is Cn1ccnc1SCc1cnc(Cl)s1. The van der Waals surface area contributed by atoms with E-state index in [1.807, 2.05) is 24.0 Å². The van der Waals surface area contributed by atoms with E-state index in [0.29, 0.717) is 4.47 Å². The Balaban J connectivity index is 1.98. The third kappa shape index (κ3) is 2.29. The van der Waals surface area contributed by atoms with Crippen LogP contribution < -0.4 is 0 Å². The molecule has 0 aliphatic carbocycles. The molecule has 0 aromatic carbocycles. The number of aryl methyl sites for hydroxylation is 1. The fourth-order valence-electron chi connectivity index (χ4n) is 0.977. The minimum atomic E-state index is 0.598. The molecule has 0 spiro atoms. The van der Waals surface area contributed by atoms with E-state index in [9.17, 15) is 0 Å². The van der Waals surface area contributed by atoms with Gasteiger partial charge in [0.25, 0.3) is 0 Å². The molecule has 6 heteroatoms. The number of nitrogens with zero attached hydrogens (tertiary/aromatic N) is 3. The van der Waals surface area contributed by atoms with E-state index in [1.54, 1.807) is 18.0 Å². The summed E-state index contributed by atoms with van der Waals surface area (Å²) in [5.74, 6) is 0.870. The van der Waals surface area contributed by atoms with Crippen molar-refractivity contribution in [2.24, 2.45) is 7.05 Å². The van der Waals surface area contributed by atoms with Crippen molar-refractivity contribution >= 4 is 34.7 Å². The molecule has 0 saturated heterocycles. The van der Waals surface area contributed by atoms with Crippen molar-refractivity contribution in [1.82, 2.24) is 14.5 Å². The molecule has 0 atom stereocenters. The summed E-state index contributed by atoms with van der Waals surface area (Å²) in [5, 5.41) is 1.01. The van der Waals surface area contributed by atoms with E-state index in [-0.39, 0.29) is 0 Å². The molecule has 2 aromatic heterocycles. The van der Waals surface area contributed by atoms with Crippen LogP contribution in [0.5, 0.6) is 0 Å². The normalized spacial score (nSPS) is 10.7. The maximum absolute atomic E-state index is 5.73. The highest BCUT2D eigenvalue weighted by Crippen LogP contribution is 2.25. The molecular weight excluding hydrogens is 238 g/mol. The molecule has 0 amide bonds.